The summed E-state index contributed by atoms with van der Waals surface area (Å²) in [5, 5.41) is 9.14. The van der Waals surface area contributed by atoms with Crippen molar-refractivity contribution in [2.24, 2.45) is 0 Å². The van der Waals surface area contributed by atoms with Crippen LogP contribution < -0.4 is 4.74 Å². The van der Waals surface area contributed by atoms with Gasteiger partial charge in [-0.15, -0.1) is 0 Å². The van der Waals surface area contributed by atoms with E-state index in [4.69, 9.17) is 9.84 Å². The van der Waals surface area contributed by atoms with Crippen LogP contribution in [0.25, 0.3) is 0 Å². The van der Waals surface area contributed by atoms with E-state index in [1.54, 1.807) is 6.92 Å². The molecule has 2 nitrogen and oxygen atoms in total. The maximum Gasteiger partial charge on any atom is 0.119 e. The monoisotopic (exact) mass is 242 g/mol. The normalized spacial score (nSPS) is 12.1. The van der Waals surface area contributed by atoms with Crippen LogP contribution in [-0.4, -0.2) is 17.8 Å². The maximum atomic E-state index is 9.14. The van der Waals surface area contributed by atoms with Crippen molar-refractivity contribution in [3.05, 3.63) is 65.7 Å². The molecular weight excluding hydrogens is 224 g/mol. The van der Waals surface area contributed by atoms with Gasteiger partial charge in [0, 0.05) is 0 Å². The average molecular weight is 242 g/mol. The summed E-state index contributed by atoms with van der Waals surface area (Å²) >= 11 is 0. The number of aliphatic hydroxyl groups excluding tert-OH is 1. The third-order valence-corrected chi connectivity index (χ3v) is 2.67. The van der Waals surface area contributed by atoms with Crippen LogP contribution >= 0.6 is 0 Å². The quantitative estimate of drug-likeness (QED) is 0.873. The molecule has 0 saturated carbocycles. The zero-order valence-corrected chi connectivity index (χ0v) is 10.5. The van der Waals surface area contributed by atoms with E-state index in [2.05, 4.69) is 36.4 Å². The molecule has 2 rings (SSSR count). The van der Waals surface area contributed by atoms with Gasteiger partial charge in [0.25, 0.3) is 0 Å². The van der Waals surface area contributed by atoms with E-state index >= 15 is 0 Å². The first-order chi connectivity index (χ1) is 8.74. The largest absolute Gasteiger partial charge is 0.491 e. The van der Waals surface area contributed by atoms with Gasteiger partial charge in [-0.1, -0.05) is 42.5 Å². The van der Waals surface area contributed by atoms with E-state index in [0.717, 1.165) is 12.2 Å². The minimum absolute atomic E-state index is 0.331. The molecule has 0 amide bonds. The summed E-state index contributed by atoms with van der Waals surface area (Å²) in [7, 11) is 0. The topological polar surface area (TPSA) is 29.5 Å². The van der Waals surface area contributed by atoms with Crippen LogP contribution in [0.1, 0.15) is 18.1 Å². The minimum Gasteiger partial charge on any atom is -0.491 e. The highest BCUT2D eigenvalue weighted by Crippen LogP contribution is 2.15. The molecule has 0 aliphatic heterocycles. The Labute approximate surface area is 108 Å². The molecule has 18 heavy (non-hydrogen) atoms. The smallest absolute Gasteiger partial charge is 0.119 e. The minimum atomic E-state index is -0.436. The molecule has 2 heteroatoms. The lowest BCUT2D eigenvalue weighted by atomic mass is 10.1. The van der Waals surface area contributed by atoms with Gasteiger partial charge < -0.3 is 9.84 Å². The molecule has 0 aromatic heterocycles. The lowest BCUT2D eigenvalue weighted by Gasteiger charge is -2.08. The van der Waals surface area contributed by atoms with Gasteiger partial charge in [-0.2, -0.15) is 0 Å². The highest BCUT2D eigenvalue weighted by molar-refractivity contribution is 5.31. The molecule has 0 aliphatic carbocycles. The first kappa shape index (κ1) is 12.7. The van der Waals surface area contributed by atoms with Crippen LogP contribution in [0, 0.1) is 0 Å². The molecule has 1 atom stereocenters. The van der Waals surface area contributed by atoms with Gasteiger partial charge in [-0.05, 0) is 36.6 Å². The van der Waals surface area contributed by atoms with Gasteiger partial charge in [-0.3, -0.25) is 0 Å². The first-order valence-corrected chi connectivity index (χ1v) is 6.18. The van der Waals surface area contributed by atoms with Crippen molar-refractivity contribution in [3.63, 3.8) is 0 Å². The summed E-state index contributed by atoms with van der Waals surface area (Å²) < 4.78 is 5.42. The van der Waals surface area contributed by atoms with E-state index in [-0.39, 0.29) is 0 Å². The van der Waals surface area contributed by atoms with Crippen molar-refractivity contribution in [1.82, 2.24) is 0 Å². The molecule has 0 aliphatic rings. The van der Waals surface area contributed by atoms with Crippen LogP contribution in [-0.2, 0) is 6.42 Å². The molecule has 2 aromatic rings. The lowest BCUT2D eigenvalue weighted by Crippen LogP contribution is -2.12. The molecule has 2 aromatic carbocycles. The maximum absolute atomic E-state index is 9.14. The van der Waals surface area contributed by atoms with Gasteiger partial charge in [0.1, 0.15) is 12.4 Å². The molecule has 0 saturated heterocycles. The summed E-state index contributed by atoms with van der Waals surface area (Å²) in [4.78, 5) is 0. The Hall–Kier alpha value is -1.80. The van der Waals surface area contributed by atoms with Crippen molar-refractivity contribution in [2.45, 2.75) is 19.4 Å². The molecule has 0 fully saturated rings. The van der Waals surface area contributed by atoms with Crippen molar-refractivity contribution in [2.75, 3.05) is 6.61 Å². The van der Waals surface area contributed by atoms with Crippen molar-refractivity contribution in [3.8, 4) is 5.75 Å². The summed E-state index contributed by atoms with van der Waals surface area (Å²) in [5.74, 6) is 0.799. The predicted molar refractivity (Wildman–Crippen MR) is 72.9 cm³/mol. The molecule has 94 valence electrons. The second kappa shape index (κ2) is 6.22. The highest BCUT2D eigenvalue weighted by atomic mass is 16.5. The van der Waals surface area contributed by atoms with E-state index in [1.807, 2.05) is 18.2 Å². The zero-order chi connectivity index (χ0) is 12.8. The number of hydrogen-bond donors (Lipinski definition) is 1. The molecular formula is C16H18O2. The SMILES string of the molecule is C[C@@H](O)COc1ccc(Cc2ccccc2)cc1. The fourth-order valence-corrected chi connectivity index (χ4v) is 1.75. The Balaban J connectivity index is 1.95. The molecule has 0 unspecified atom stereocenters. The molecule has 1 N–H and O–H groups in total. The fraction of sp³-hybridized carbons (Fsp3) is 0.250. The third kappa shape index (κ3) is 3.90. The van der Waals surface area contributed by atoms with Gasteiger partial charge in [0.2, 0.25) is 0 Å². The summed E-state index contributed by atoms with van der Waals surface area (Å²) in [6, 6.07) is 18.4. The molecule has 0 bridgehead atoms. The Bertz CT molecular complexity index is 460. The van der Waals surface area contributed by atoms with Gasteiger partial charge >= 0.3 is 0 Å². The van der Waals surface area contributed by atoms with E-state index in [9.17, 15) is 0 Å². The molecule has 0 heterocycles. The van der Waals surface area contributed by atoms with Crippen LogP contribution in [0.2, 0.25) is 0 Å². The van der Waals surface area contributed by atoms with Gasteiger partial charge in [0.05, 0.1) is 6.10 Å². The van der Waals surface area contributed by atoms with Crippen LogP contribution in [0.5, 0.6) is 5.75 Å². The van der Waals surface area contributed by atoms with E-state index in [1.165, 1.54) is 11.1 Å². The van der Waals surface area contributed by atoms with E-state index in [0.29, 0.717) is 6.61 Å². The lowest BCUT2D eigenvalue weighted by molar-refractivity contribution is 0.122. The number of rotatable bonds is 5. The summed E-state index contributed by atoms with van der Waals surface area (Å²) in [6.07, 6.45) is 0.492. The summed E-state index contributed by atoms with van der Waals surface area (Å²) in [6.45, 7) is 2.04. The van der Waals surface area contributed by atoms with E-state index < -0.39 is 6.10 Å². The van der Waals surface area contributed by atoms with Crippen LogP contribution in [0.15, 0.2) is 54.6 Å². The first-order valence-electron chi connectivity index (χ1n) is 6.18. The number of benzene rings is 2. The Morgan fingerprint density at radius 1 is 0.944 bits per heavy atom. The average Bonchev–Trinajstić information content (AvgIpc) is 2.39. The second-order valence-corrected chi connectivity index (χ2v) is 4.47. The Morgan fingerprint density at radius 2 is 1.56 bits per heavy atom. The van der Waals surface area contributed by atoms with Crippen molar-refractivity contribution >= 4 is 0 Å². The highest BCUT2D eigenvalue weighted by Gasteiger charge is 1.99. The number of ether oxygens (including phenoxy) is 1. The zero-order valence-electron chi connectivity index (χ0n) is 10.5. The van der Waals surface area contributed by atoms with Crippen LogP contribution in [0.4, 0.5) is 0 Å². The summed E-state index contributed by atoms with van der Waals surface area (Å²) in [5.41, 5.74) is 2.56. The van der Waals surface area contributed by atoms with Gasteiger partial charge in [-0.25, -0.2) is 0 Å². The third-order valence-electron chi connectivity index (χ3n) is 2.67. The van der Waals surface area contributed by atoms with Crippen molar-refractivity contribution in [1.29, 1.82) is 0 Å². The van der Waals surface area contributed by atoms with Crippen LogP contribution in [0.3, 0.4) is 0 Å². The van der Waals surface area contributed by atoms with Crippen molar-refractivity contribution < 1.29 is 9.84 Å². The predicted octanol–water partition coefficient (Wildman–Crippen LogP) is 3.04. The number of aliphatic hydroxyl groups is 1. The second-order valence-electron chi connectivity index (χ2n) is 4.47. The Kier molecular flexibility index (Phi) is 4.37. The number of hydrogen-bond acceptors (Lipinski definition) is 2. The Morgan fingerprint density at radius 3 is 2.17 bits per heavy atom. The fourth-order valence-electron chi connectivity index (χ4n) is 1.75. The molecule has 0 radical (unpaired) electrons. The molecule has 0 spiro atoms. The van der Waals surface area contributed by atoms with Gasteiger partial charge in [0.15, 0.2) is 0 Å². The standard InChI is InChI=1S/C16H18O2/c1-13(17)12-18-16-9-7-15(8-10-16)11-14-5-3-2-4-6-14/h2-10,13,17H,11-12H2,1H3/t13-/m1/s1.